The molecule has 213 valence electrons. The van der Waals surface area contributed by atoms with Gasteiger partial charge in [0.15, 0.2) is 0 Å². The molecule has 0 atom stereocenters. The van der Waals surface area contributed by atoms with Crippen molar-refractivity contribution in [3.8, 4) is 51.7 Å². The molecule has 0 saturated carbocycles. The first-order valence-electron chi connectivity index (χ1n) is 13.0. The Balaban J connectivity index is 0.000000175. The third kappa shape index (κ3) is 12.0. The summed E-state index contributed by atoms with van der Waals surface area (Å²) < 4.78 is 16.5. The van der Waals surface area contributed by atoms with Crippen molar-refractivity contribution in [3.05, 3.63) is 164 Å². The summed E-state index contributed by atoms with van der Waals surface area (Å²) in [6.07, 6.45) is 0. The van der Waals surface area contributed by atoms with Gasteiger partial charge in [-0.3, -0.25) is 0 Å². The molecule has 6 nitrogen and oxygen atoms in total. The maximum atomic E-state index is 10.8. The van der Waals surface area contributed by atoms with E-state index in [4.69, 9.17) is 14.2 Å². The van der Waals surface area contributed by atoms with Crippen molar-refractivity contribution in [2.24, 2.45) is 0 Å². The number of ether oxygens (including phenoxy) is 3. The van der Waals surface area contributed by atoms with E-state index in [9.17, 15) is 15.3 Å². The van der Waals surface area contributed by atoms with E-state index in [-0.39, 0.29) is 34.6 Å². The summed E-state index contributed by atoms with van der Waals surface area (Å²) in [5.41, 5.74) is 0. The van der Waals surface area contributed by atoms with Gasteiger partial charge in [0.1, 0.15) is 34.5 Å². The standard InChI is InChI=1S/3C12H10O2.Cr/c3*13-10-6-8-12(9-7-10)14-11-4-2-1-3-5-11;/h3*1-9,13H;/q;;;+3/p-3. The Morgan fingerprint density at radius 3 is 0.651 bits per heavy atom. The molecule has 0 amide bonds. The molecule has 1 radical (unpaired) electrons. The molecule has 0 N–H and O–H groups in total. The monoisotopic (exact) mass is 607 g/mol. The Bertz CT molecular complexity index is 1380. The minimum Gasteiger partial charge on any atom is -0.872 e. The molecule has 0 aliphatic rings. The van der Waals surface area contributed by atoms with Crippen LogP contribution in [-0.4, -0.2) is 0 Å². The van der Waals surface area contributed by atoms with Crippen molar-refractivity contribution in [3.63, 3.8) is 0 Å². The molecule has 6 aromatic carbocycles. The SMILES string of the molecule is [Cr+3].[O-]c1ccc(Oc2ccccc2)cc1.[O-]c1ccc(Oc2ccccc2)cc1.[O-]c1ccc(Oc2ccccc2)cc1. The van der Waals surface area contributed by atoms with E-state index in [2.05, 4.69) is 0 Å². The van der Waals surface area contributed by atoms with Crippen molar-refractivity contribution in [1.82, 2.24) is 0 Å². The molecular formula is C36H27CrO6. The summed E-state index contributed by atoms with van der Waals surface area (Å²) in [5.74, 6) is 4.31. The van der Waals surface area contributed by atoms with E-state index in [1.165, 1.54) is 36.4 Å². The van der Waals surface area contributed by atoms with Crippen LogP contribution in [0.4, 0.5) is 0 Å². The molecule has 0 heterocycles. The van der Waals surface area contributed by atoms with Crippen LogP contribution >= 0.6 is 0 Å². The fraction of sp³-hybridized carbons (Fsp3) is 0. The predicted molar refractivity (Wildman–Crippen MR) is 157 cm³/mol. The smallest absolute Gasteiger partial charge is 0.872 e. The second-order valence-electron chi connectivity index (χ2n) is 8.66. The van der Waals surface area contributed by atoms with Crippen LogP contribution in [0.5, 0.6) is 51.7 Å². The zero-order valence-corrected chi connectivity index (χ0v) is 24.2. The Kier molecular flexibility index (Phi) is 13.1. The van der Waals surface area contributed by atoms with Crippen molar-refractivity contribution < 1.29 is 46.9 Å². The van der Waals surface area contributed by atoms with E-state index in [1.807, 2.05) is 91.0 Å². The third-order valence-corrected chi connectivity index (χ3v) is 5.41. The average molecular weight is 608 g/mol. The van der Waals surface area contributed by atoms with Crippen LogP contribution in [0.1, 0.15) is 0 Å². The van der Waals surface area contributed by atoms with E-state index >= 15 is 0 Å². The van der Waals surface area contributed by atoms with Gasteiger partial charge < -0.3 is 29.5 Å². The van der Waals surface area contributed by atoms with Crippen LogP contribution in [-0.2, 0) is 17.4 Å². The molecule has 0 spiro atoms. The predicted octanol–water partition coefficient (Wildman–Crippen LogP) is 7.66. The molecule has 0 aliphatic heterocycles. The number of rotatable bonds is 6. The fourth-order valence-electron chi connectivity index (χ4n) is 3.40. The van der Waals surface area contributed by atoms with Crippen molar-refractivity contribution in [1.29, 1.82) is 0 Å². The zero-order valence-electron chi connectivity index (χ0n) is 22.9. The van der Waals surface area contributed by atoms with E-state index in [0.29, 0.717) is 17.2 Å². The largest absolute Gasteiger partial charge is 3.00 e. The van der Waals surface area contributed by atoms with Gasteiger partial charge in [0, 0.05) is 0 Å². The summed E-state index contributed by atoms with van der Waals surface area (Å²) in [6.45, 7) is 0. The number of hydrogen-bond donors (Lipinski definition) is 0. The molecule has 0 bridgehead atoms. The molecule has 0 aliphatic carbocycles. The van der Waals surface area contributed by atoms with Crippen LogP contribution < -0.4 is 29.5 Å². The molecular weight excluding hydrogens is 580 g/mol. The van der Waals surface area contributed by atoms with Gasteiger partial charge in [0.2, 0.25) is 0 Å². The quantitative estimate of drug-likeness (QED) is 0.193. The summed E-state index contributed by atoms with van der Waals surface area (Å²) in [6, 6.07) is 47.2. The van der Waals surface area contributed by atoms with Crippen molar-refractivity contribution in [2.75, 3.05) is 0 Å². The molecule has 0 saturated heterocycles. The first kappa shape index (κ1) is 32.2. The van der Waals surface area contributed by atoms with Crippen LogP contribution in [0.2, 0.25) is 0 Å². The maximum absolute atomic E-state index is 10.8. The van der Waals surface area contributed by atoms with Crippen LogP contribution in [0.25, 0.3) is 0 Å². The van der Waals surface area contributed by atoms with Gasteiger partial charge in [-0.2, -0.15) is 0 Å². The Labute approximate surface area is 261 Å². The van der Waals surface area contributed by atoms with Gasteiger partial charge >= 0.3 is 17.4 Å². The normalized spacial score (nSPS) is 9.49. The molecule has 6 rings (SSSR count). The number of benzene rings is 6. The van der Waals surface area contributed by atoms with Gasteiger partial charge in [-0.15, -0.1) is 17.2 Å². The molecule has 7 heteroatoms. The summed E-state index contributed by atoms with van der Waals surface area (Å²) >= 11 is 0. The van der Waals surface area contributed by atoms with Crippen LogP contribution in [0.3, 0.4) is 0 Å². The van der Waals surface area contributed by atoms with Gasteiger partial charge in [-0.25, -0.2) is 0 Å². The first-order valence-corrected chi connectivity index (χ1v) is 13.0. The van der Waals surface area contributed by atoms with Gasteiger partial charge in [0.05, 0.1) is 0 Å². The summed E-state index contributed by atoms with van der Waals surface area (Å²) in [7, 11) is 0. The van der Waals surface area contributed by atoms with Gasteiger partial charge in [-0.05, 0) is 72.8 Å². The van der Waals surface area contributed by atoms with Gasteiger partial charge in [-0.1, -0.05) is 91.0 Å². The Hall–Kier alpha value is -5.35. The van der Waals surface area contributed by atoms with E-state index in [1.54, 1.807) is 36.4 Å². The topological polar surface area (TPSA) is 96.9 Å². The molecule has 0 fully saturated rings. The fourth-order valence-corrected chi connectivity index (χ4v) is 3.40. The second-order valence-corrected chi connectivity index (χ2v) is 8.66. The van der Waals surface area contributed by atoms with E-state index < -0.39 is 0 Å². The van der Waals surface area contributed by atoms with Crippen molar-refractivity contribution >= 4 is 0 Å². The molecule has 0 unspecified atom stereocenters. The number of hydrogen-bond acceptors (Lipinski definition) is 6. The zero-order chi connectivity index (χ0) is 29.4. The molecule has 43 heavy (non-hydrogen) atoms. The van der Waals surface area contributed by atoms with Crippen LogP contribution in [0, 0.1) is 0 Å². The third-order valence-electron chi connectivity index (χ3n) is 5.41. The minimum absolute atomic E-state index is 0. The molecule has 0 aromatic heterocycles. The summed E-state index contributed by atoms with van der Waals surface area (Å²) in [5, 5.41) is 32.5. The van der Waals surface area contributed by atoms with Gasteiger partial charge in [0.25, 0.3) is 0 Å². The maximum Gasteiger partial charge on any atom is 3.00 e. The minimum atomic E-state index is -0.00888. The first-order chi connectivity index (χ1) is 20.5. The van der Waals surface area contributed by atoms with E-state index in [0.717, 1.165) is 17.2 Å². The second kappa shape index (κ2) is 17.5. The Morgan fingerprint density at radius 1 is 0.256 bits per heavy atom. The Morgan fingerprint density at radius 2 is 0.442 bits per heavy atom. The average Bonchev–Trinajstić information content (AvgIpc) is 3.03. The van der Waals surface area contributed by atoms with Crippen molar-refractivity contribution in [2.45, 2.75) is 0 Å². The van der Waals surface area contributed by atoms with Crippen LogP contribution in [0.15, 0.2) is 164 Å². The summed E-state index contributed by atoms with van der Waals surface area (Å²) in [4.78, 5) is 0. The number of para-hydroxylation sites is 3. The molecule has 6 aromatic rings.